The zero-order valence-electron chi connectivity index (χ0n) is 14.3. The Labute approximate surface area is 143 Å². The third-order valence-corrected chi connectivity index (χ3v) is 4.99. The monoisotopic (exact) mass is 358 g/mol. The predicted octanol–water partition coefficient (Wildman–Crippen LogP) is 2.30. The predicted molar refractivity (Wildman–Crippen MR) is 93.1 cm³/mol. The van der Waals surface area contributed by atoms with E-state index in [1.165, 1.54) is 18.2 Å². The molecule has 1 aromatic rings. The minimum absolute atomic E-state index is 0.0564. The lowest BCUT2D eigenvalue weighted by atomic mass is 10.2. The lowest BCUT2D eigenvalue weighted by Gasteiger charge is -2.17. The average molecular weight is 358 g/mol. The van der Waals surface area contributed by atoms with E-state index in [1.54, 1.807) is 0 Å². The maximum atomic E-state index is 12.5. The highest BCUT2D eigenvalue weighted by molar-refractivity contribution is 7.89. The lowest BCUT2D eigenvalue weighted by molar-refractivity contribution is 0.0696. The summed E-state index contributed by atoms with van der Waals surface area (Å²) in [5, 5.41) is 12.2. The molecule has 3 N–H and O–H groups in total. The summed E-state index contributed by atoms with van der Waals surface area (Å²) in [7, 11) is -3.82. The molecule has 24 heavy (non-hydrogen) atoms. The van der Waals surface area contributed by atoms with Crippen LogP contribution in [-0.4, -0.2) is 45.3 Å². The molecule has 0 aliphatic rings. The van der Waals surface area contributed by atoms with Crippen LogP contribution < -0.4 is 10.0 Å². The van der Waals surface area contributed by atoms with Crippen LogP contribution in [0, 0.1) is 0 Å². The minimum atomic E-state index is -3.82. The number of carbonyl (C=O) groups is 1. The number of hydrogen-bond acceptors (Lipinski definition) is 5. The van der Waals surface area contributed by atoms with E-state index >= 15 is 0 Å². The lowest BCUT2D eigenvalue weighted by Crippen LogP contribution is -2.27. The second-order valence-electron chi connectivity index (χ2n) is 5.42. The van der Waals surface area contributed by atoms with E-state index in [-0.39, 0.29) is 23.0 Å². The van der Waals surface area contributed by atoms with Crippen LogP contribution in [0.4, 0.5) is 5.69 Å². The molecular formula is C16H26N2O5S. The molecular weight excluding hydrogens is 332 g/mol. The van der Waals surface area contributed by atoms with Crippen LogP contribution in [0.2, 0.25) is 0 Å². The molecule has 8 heteroatoms. The summed E-state index contributed by atoms with van der Waals surface area (Å²) in [6, 6.07) is 4.12. The summed E-state index contributed by atoms with van der Waals surface area (Å²) in [5.41, 5.74) is 0.325. The SMILES string of the molecule is CCOCCCNS(=O)(=O)c1cc(C(=O)O)ccc1N[C@@H](C)CC. The molecule has 0 amide bonds. The fraction of sp³-hybridized carbons (Fsp3) is 0.562. The van der Waals surface area contributed by atoms with E-state index in [1.807, 2.05) is 20.8 Å². The number of carboxylic acid groups (broad SMARTS) is 1. The zero-order chi connectivity index (χ0) is 18.2. The van der Waals surface area contributed by atoms with Gasteiger partial charge in [-0.2, -0.15) is 0 Å². The number of benzene rings is 1. The number of anilines is 1. The minimum Gasteiger partial charge on any atom is -0.478 e. The molecule has 7 nitrogen and oxygen atoms in total. The molecule has 0 aliphatic heterocycles. The Balaban J connectivity index is 3.02. The van der Waals surface area contributed by atoms with Gasteiger partial charge in [-0.3, -0.25) is 0 Å². The number of aromatic carboxylic acids is 1. The number of carboxylic acids is 1. The quantitative estimate of drug-likeness (QED) is 0.524. The van der Waals surface area contributed by atoms with E-state index < -0.39 is 16.0 Å². The van der Waals surface area contributed by atoms with Gasteiger partial charge in [0, 0.05) is 25.8 Å². The first-order chi connectivity index (χ1) is 11.3. The van der Waals surface area contributed by atoms with Crippen LogP contribution in [0.3, 0.4) is 0 Å². The first-order valence-electron chi connectivity index (χ1n) is 8.03. The molecule has 0 saturated heterocycles. The zero-order valence-corrected chi connectivity index (χ0v) is 15.1. The maximum absolute atomic E-state index is 12.5. The van der Waals surface area contributed by atoms with Gasteiger partial charge in [-0.15, -0.1) is 0 Å². The van der Waals surface area contributed by atoms with Crippen LogP contribution in [0.15, 0.2) is 23.1 Å². The Morgan fingerprint density at radius 2 is 2.04 bits per heavy atom. The van der Waals surface area contributed by atoms with Crippen molar-refractivity contribution in [2.24, 2.45) is 0 Å². The molecule has 0 saturated carbocycles. The van der Waals surface area contributed by atoms with Gasteiger partial charge in [0.15, 0.2) is 0 Å². The number of hydrogen-bond donors (Lipinski definition) is 3. The van der Waals surface area contributed by atoms with Crippen molar-refractivity contribution in [3.8, 4) is 0 Å². The van der Waals surface area contributed by atoms with E-state index in [9.17, 15) is 13.2 Å². The van der Waals surface area contributed by atoms with E-state index in [0.29, 0.717) is 25.3 Å². The summed E-state index contributed by atoms with van der Waals surface area (Å²) in [4.78, 5) is 11.1. The van der Waals surface area contributed by atoms with Gasteiger partial charge < -0.3 is 15.2 Å². The second-order valence-corrected chi connectivity index (χ2v) is 7.15. The first-order valence-corrected chi connectivity index (χ1v) is 9.51. The smallest absolute Gasteiger partial charge is 0.335 e. The molecule has 136 valence electrons. The number of nitrogens with one attached hydrogen (secondary N) is 2. The summed E-state index contributed by atoms with van der Waals surface area (Å²) < 4.78 is 32.8. The molecule has 0 aromatic heterocycles. The average Bonchev–Trinajstić information content (AvgIpc) is 2.54. The van der Waals surface area contributed by atoms with Crippen molar-refractivity contribution in [3.63, 3.8) is 0 Å². The highest BCUT2D eigenvalue weighted by Gasteiger charge is 2.21. The Morgan fingerprint density at radius 3 is 2.62 bits per heavy atom. The molecule has 0 unspecified atom stereocenters. The fourth-order valence-electron chi connectivity index (χ4n) is 1.97. The number of rotatable bonds is 11. The molecule has 0 bridgehead atoms. The highest BCUT2D eigenvalue weighted by Crippen LogP contribution is 2.24. The number of ether oxygens (including phenoxy) is 1. The van der Waals surface area contributed by atoms with Gasteiger partial charge in [-0.05, 0) is 44.9 Å². The van der Waals surface area contributed by atoms with Crippen LogP contribution in [0.5, 0.6) is 0 Å². The van der Waals surface area contributed by atoms with Gasteiger partial charge in [0.05, 0.1) is 11.3 Å². The third kappa shape index (κ3) is 6.10. The molecule has 0 aliphatic carbocycles. The van der Waals surface area contributed by atoms with Crippen molar-refractivity contribution in [1.29, 1.82) is 0 Å². The van der Waals surface area contributed by atoms with E-state index in [4.69, 9.17) is 9.84 Å². The molecule has 1 atom stereocenters. The fourth-order valence-corrected chi connectivity index (χ4v) is 3.23. The van der Waals surface area contributed by atoms with Crippen LogP contribution in [0.25, 0.3) is 0 Å². The van der Waals surface area contributed by atoms with Gasteiger partial charge in [-0.25, -0.2) is 17.9 Å². The standard InChI is InChI=1S/C16H26N2O5S/c1-4-12(3)18-14-8-7-13(16(19)20)11-15(14)24(21,22)17-9-6-10-23-5-2/h7-8,11-12,17-18H,4-6,9-10H2,1-3H3,(H,19,20)/t12-/m0/s1. The Bertz CT molecular complexity index is 646. The van der Waals surface area contributed by atoms with Gasteiger partial charge >= 0.3 is 5.97 Å². The summed E-state index contributed by atoms with van der Waals surface area (Å²) in [6.45, 7) is 7.04. The van der Waals surface area contributed by atoms with Crippen molar-refractivity contribution in [2.45, 2.75) is 44.6 Å². The Morgan fingerprint density at radius 1 is 1.33 bits per heavy atom. The summed E-state index contributed by atoms with van der Waals surface area (Å²) in [5.74, 6) is -1.17. The van der Waals surface area contributed by atoms with Gasteiger partial charge in [0.1, 0.15) is 4.90 Å². The number of sulfonamides is 1. The summed E-state index contributed by atoms with van der Waals surface area (Å²) in [6.07, 6.45) is 1.35. The normalized spacial score (nSPS) is 12.8. The maximum Gasteiger partial charge on any atom is 0.335 e. The van der Waals surface area contributed by atoms with Crippen LogP contribution in [-0.2, 0) is 14.8 Å². The van der Waals surface area contributed by atoms with Crippen molar-refractivity contribution >= 4 is 21.7 Å². The molecule has 0 fully saturated rings. The van der Waals surface area contributed by atoms with Crippen LogP contribution in [0.1, 0.15) is 44.0 Å². The highest BCUT2D eigenvalue weighted by atomic mass is 32.2. The van der Waals surface area contributed by atoms with Crippen molar-refractivity contribution in [1.82, 2.24) is 4.72 Å². The third-order valence-electron chi connectivity index (χ3n) is 3.49. The van der Waals surface area contributed by atoms with E-state index in [2.05, 4.69) is 10.0 Å². The molecule has 0 heterocycles. The second kappa shape index (κ2) is 9.61. The van der Waals surface area contributed by atoms with Gasteiger partial charge in [0.25, 0.3) is 0 Å². The van der Waals surface area contributed by atoms with Crippen molar-refractivity contribution in [3.05, 3.63) is 23.8 Å². The molecule has 1 aromatic carbocycles. The van der Waals surface area contributed by atoms with Gasteiger partial charge in [-0.1, -0.05) is 6.92 Å². The Kier molecular flexibility index (Phi) is 8.17. The summed E-state index contributed by atoms with van der Waals surface area (Å²) >= 11 is 0. The van der Waals surface area contributed by atoms with Crippen molar-refractivity contribution < 1.29 is 23.1 Å². The molecule has 0 spiro atoms. The van der Waals surface area contributed by atoms with Gasteiger partial charge in [0.2, 0.25) is 10.0 Å². The van der Waals surface area contributed by atoms with E-state index in [0.717, 1.165) is 6.42 Å². The topological polar surface area (TPSA) is 105 Å². The first kappa shape index (κ1) is 20.4. The molecule has 1 rings (SSSR count). The van der Waals surface area contributed by atoms with Crippen molar-refractivity contribution in [2.75, 3.05) is 25.1 Å². The Hall–Kier alpha value is -1.64. The molecule has 0 radical (unpaired) electrons. The largest absolute Gasteiger partial charge is 0.478 e. The van der Waals surface area contributed by atoms with Crippen LogP contribution >= 0.6 is 0 Å².